The highest BCUT2D eigenvalue weighted by molar-refractivity contribution is 9.10. The molecule has 0 amide bonds. The Morgan fingerprint density at radius 2 is 2.07 bits per heavy atom. The Morgan fingerprint density at radius 1 is 1.40 bits per heavy atom. The highest BCUT2D eigenvalue weighted by Gasteiger charge is 2.12. The van der Waals surface area contributed by atoms with E-state index in [-0.39, 0.29) is 0 Å². The molecule has 0 fully saturated rings. The summed E-state index contributed by atoms with van der Waals surface area (Å²) in [4.78, 5) is 1.26. The highest BCUT2D eigenvalue weighted by atomic mass is 79.9. The molecule has 15 heavy (non-hydrogen) atoms. The molecule has 0 spiro atoms. The van der Waals surface area contributed by atoms with Crippen LogP contribution in [0.2, 0.25) is 0 Å². The molecular formula is C11H17BrN2S. The number of hydrogen-bond acceptors (Lipinski definition) is 3. The van der Waals surface area contributed by atoms with Crippen LogP contribution in [0.3, 0.4) is 0 Å². The summed E-state index contributed by atoms with van der Waals surface area (Å²) in [5.74, 6) is 7.03. The smallest absolute Gasteiger partial charge is 0.0327 e. The standard InChI is InChI=1S/C11H17BrN2S/c1-8(2)10(14-13)7-15-11-6-4-3-5-9(11)12/h3-6,8,10,14H,7,13H2,1-2H3. The first-order valence-electron chi connectivity index (χ1n) is 4.98. The van der Waals surface area contributed by atoms with Crippen molar-refractivity contribution in [3.63, 3.8) is 0 Å². The quantitative estimate of drug-likeness (QED) is 0.497. The lowest BCUT2D eigenvalue weighted by atomic mass is 10.1. The molecule has 0 bridgehead atoms. The van der Waals surface area contributed by atoms with Gasteiger partial charge in [0.15, 0.2) is 0 Å². The van der Waals surface area contributed by atoms with Crippen LogP contribution < -0.4 is 11.3 Å². The third-order valence-corrected chi connectivity index (χ3v) is 4.42. The fourth-order valence-corrected chi connectivity index (χ4v) is 3.02. The fourth-order valence-electron chi connectivity index (χ4n) is 1.17. The molecule has 4 heteroatoms. The molecule has 0 saturated carbocycles. The summed E-state index contributed by atoms with van der Waals surface area (Å²) in [6.07, 6.45) is 0. The molecule has 84 valence electrons. The van der Waals surface area contributed by atoms with Crippen molar-refractivity contribution in [2.75, 3.05) is 5.75 Å². The van der Waals surface area contributed by atoms with E-state index >= 15 is 0 Å². The van der Waals surface area contributed by atoms with Crippen molar-refractivity contribution in [3.05, 3.63) is 28.7 Å². The van der Waals surface area contributed by atoms with Crippen LogP contribution in [0.4, 0.5) is 0 Å². The summed E-state index contributed by atoms with van der Waals surface area (Å²) in [6, 6.07) is 8.59. The maximum Gasteiger partial charge on any atom is 0.0327 e. The van der Waals surface area contributed by atoms with Gasteiger partial charge in [0.05, 0.1) is 0 Å². The van der Waals surface area contributed by atoms with E-state index in [1.807, 2.05) is 23.9 Å². The van der Waals surface area contributed by atoms with Crippen molar-refractivity contribution < 1.29 is 0 Å². The van der Waals surface area contributed by atoms with Gasteiger partial charge in [-0.05, 0) is 34.0 Å². The molecule has 0 aliphatic heterocycles. The second-order valence-corrected chi connectivity index (χ2v) is 5.67. The molecule has 0 heterocycles. The van der Waals surface area contributed by atoms with Gasteiger partial charge in [0.1, 0.15) is 0 Å². The molecule has 1 atom stereocenters. The molecule has 1 rings (SSSR count). The second kappa shape index (κ2) is 6.53. The molecule has 1 unspecified atom stereocenters. The van der Waals surface area contributed by atoms with Gasteiger partial charge >= 0.3 is 0 Å². The van der Waals surface area contributed by atoms with Crippen LogP contribution in [0, 0.1) is 5.92 Å². The Kier molecular flexibility index (Phi) is 5.68. The predicted molar refractivity (Wildman–Crippen MR) is 70.8 cm³/mol. The number of halogens is 1. The summed E-state index contributed by atoms with van der Waals surface area (Å²) in [5, 5.41) is 0. The molecule has 1 aromatic carbocycles. The topological polar surface area (TPSA) is 38.0 Å². The number of nitrogens with two attached hydrogens (primary N) is 1. The average molecular weight is 289 g/mol. The van der Waals surface area contributed by atoms with Gasteiger partial charge in [-0.2, -0.15) is 0 Å². The van der Waals surface area contributed by atoms with Crippen LogP contribution in [0.15, 0.2) is 33.6 Å². The van der Waals surface area contributed by atoms with Crippen LogP contribution in [0.1, 0.15) is 13.8 Å². The Bertz CT molecular complexity index is 304. The summed E-state index contributed by atoms with van der Waals surface area (Å²) in [7, 11) is 0. The maximum absolute atomic E-state index is 5.50. The Morgan fingerprint density at radius 3 is 2.60 bits per heavy atom. The monoisotopic (exact) mass is 288 g/mol. The minimum atomic E-state index is 0.349. The van der Waals surface area contributed by atoms with Crippen molar-refractivity contribution >= 4 is 27.7 Å². The molecule has 0 aliphatic carbocycles. The molecular weight excluding hydrogens is 272 g/mol. The highest BCUT2D eigenvalue weighted by Crippen LogP contribution is 2.28. The van der Waals surface area contributed by atoms with Crippen LogP contribution in [0.25, 0.3) is 0 Å². The minimum Gasteiger partial charge on any atom is -0.271 e. The van der Waals surface area contributed by atoms with E-state index in [0.29, 0.717) is 12.0 Å². The van der Waals surface area contributed by atoms with Crippen LogP contribution in [0.5, 0.6) is 0 Å². The normalized spacial score (nSPS) is 13.1. The van der Waals surface area contributed by atoms with Crippen molar-refractivity contribution in [1.29, 1.82) is 0 Å². The molecule has 1 aromatic rings. The third kappa shape index (κ3) is 4.15. The van der Waals surface area contributed by atoms with Gasteiger partial charge in [-0.1, -0.05) is 26.0 Å². The van der Waals surface area contributed by atoms with E-state index in [2.05, 4.69) is 47.3 Å². The van der Waals surface area contributed by atoms with Crippen molar-refractivity contribution in [3.8, 4) is 0 Å². The van der Waals surface area contributed by atoms with Gasteiger partial charge in [-0.15, -0.1) is 11.8 Å². The third-order valence-electron chi connectivity index (χ3n) is 2.27. The first-order chi connectivity index (χ1) is 7.15. The number of hydrogen-bond donors (Lipinski definition) is 2. The van der Waals surface area contributed by atoms with E-state index < -0.39 is 0 Å². The summed E-state index contributed by atoms with van der Waals surface area (Å²) < 4.78 is 1.15. The minimum absolute atomic E-state index is 0.349. The van der Waals surface area contributed by atoms with Gasteiger partial charge in [0.2, 0.25) is 0 Å². The van der Waals surface area contributed by atoms with E-state index in [1.165, 1.54) is 4.90 Å². The lowest BCUT2D eigenvalue weighted by Crippen LogP contribution is -2.40. The fraction of sp³-hybridized carbons (Fsp3) is 0.455. The molecule has 0 aromatic heterocycles. The lowest BCUT2D eigenvalue weighted by molar-refractivity contribution is 0.443. The van der Waals surface area contributed by atoms with Gasteiger partial charge in [0, 0.05) is 21.2 Å². The molecule has 2 nitrogen and oxygen atoms in total. The first-order valence-corrected chi connectivity index (χ1v) is 6.76. The van der Waals surface area contributed by atoms with E-state index in [9.17, 15) is 0 Å². The first kappa shape index (κ1) is 13.0. The second-order valence-electron chi connectivity index (χ2n) is 3.76. The SMILES string of the molecule is CC(C)C(CSc1ccccc1Br)NN. The number of thioether (sulfide) groups is 1. The molecule has 0 saturated heterocycles. The largest absolute Gasteiger partial charge is 0.271 e. The summed E-state index contributed by atoms with van der Waals surface area (Å²) in [6.45, 7) is 4.34. The number of benzene rings is 1. The van der Waals surface area contributed by atoms with Crippen molar-refractivity contribution in [1.82, 2.24) is 5.43 Å². The zero-order valence-corrected chi connectivity index (χ0v) is 11.4. The van der Waals surface area contributed by atoms with Crippen molar-refractivity contribution in [2.24, 2.45) is 11.8 Å². The zero-order valence-electron chi connectivity index (χ0n) is 9.03. The predicted octanol–water partition coefficient (Wildman–Crippen LogP) is 3.03. The van der Waals surface area contributed by atoms with Crippen LogP contribution >= 0.6 is 27.7 Å². The maximum atomic E-state index is 5.50. The summed E-state index contributed by atoms with van der Waals surface area (Å²) >= 11 is 5.35. The van der Waals surface area contributed by atoms with E-state index in [0.717, 1.165) is 10.2 Å². The van der Waals surface area contributed by atoms with Crippen molar-refractivity contribution in [2.45, 2.75) is 24.8 Å². The average Bonchev–Trinajstić information content (AvgIpc) is 2.21. The van der Waals surface area contributed by atoms with Gasteiger partial charge in [-0.25, -0.2) is 0 Å². The van der Waals surface area contributed by atoms with Gasteiger partial charge in [0.25, 0.3) is 0 Å². The molecule has 3 N–H and O–H groups in total. The molecule has 0 aliphatic rings. The van der Waals surface area contributed by atoms with Gasteiger partial charge in [-0.3, -0.25) is 11.3 Å². The Hall–Kier alpha value is -0.0300. The number of nitrogens with one attached hydrogen (secondary N) is 1. The van der Waals surface area contributed by atoms with Gasteiger partial charge < -0.3 is 0 Å². The van der Waals surface area contributed by atoms with Crippen LogP contribution in [-0.2, 0) is 0 Å². The Labute approximate surface area is 104 Å². The number of hydrazine groups is 1. The van der Waals surface area contributed by atoms with E-state index in [1.54, 1.807) is 0 Å². The van der Waals surface area contributed by atoms with E-state index in [4.69, 9.17) is 5.84 Å². The van der Waals surface area contributed by atoms with Crippen LogP contribution in [-0.4, -0.2) is 11.8 Å². The lowest BCUT2D eigenvalue weighted by Gasteiger charge is -2.19. The Balaban J connectivity index is 2.53. The zero-order chi connectivity index (χ0) is 11.3. The number of rotatable bonds is 5. The summed E-state index contributed by atoms with van der Waals surface area (Å²) in [5.41, 5.74) is 2.86. The molecule has 0 radical (unpaired) electrons.